The number of carbonyl (C=O) groups is 1. The zero-order chi connectivity index (χ0) is 22.1. The quantitative estimate of drug-likeness (QED) is 0.607. The third kappa shape index (κ3) is 8.22. The SMILES string of the molecule is O=C(NCCCCN1CCN(Cc2ccccc2)CC1)c1ccc(OC(F)(F)F)cc1. The van der Waals surface area contributed by atoms with Crippen molar-refractivity contribution in [1.29, 1.82) is 0 Å². The number of carbonyl (C=O) groups excluding carboxylic acids is 1. The molecule has 1 heterocycles. The van der Waals surface area contributed by atoms with Gasteiger partial charge >= 0.3 is 6.36 Å². The predicted octanol–water partition coefficient (Wildman–Crippen LogP) is 3.91. The Morgan fingerprint density at radius 1 is 0.903 bits per heavy atom. The van der Waals surface area contributed by atoms with Gasteiger partial charge in [0.2, 0.25) is 0 Å². The van der Waals surface area contributed by atoms with Gasteiger partial charge in [-0.15, -0.1) is 13.2 Å². The van der Waals surface area contributed by atoms with E-state index in [4.69, 9.17) is 0 Å². The molecule has 1 amide bonds. The number of nitrogens with zero attached hydrogens (tertiary/aromatic N) is 2. The van der Waals surface area contributed by atoms with E-state index in [2.05, 4.69) is 44.1 Å². The van der Waals surface area contributed by atoms with E-state index in [1.165, 1.54) is 17.7 Å². The lowest BCUT2D eigenvalue weighted by atomic mass is 10.2. The Bertz CT molecular complexity index is 805. The standard InChI is InChI=1S/C23H28F3N3O2/c24-23(25,26)31-21-10-8-20(9-11-21)22(30)27-12-4-5-13-28-14-16-29(17-15-28)18-19-6-2-1-3-7-19/h1-3,6-11H,4-5,12-18H2,(H,27,30). The first-order valence-electron chi connectivity index (χ1n) is 10.5. The maximum atomic E-state index is 12.2. The summed E-state index contributed by atoms with van der Waals surface area (Å²) in [6, 6.07) is 15.4. The molecule has 0 unspecified atom stereocenters. The van der Waals surface area contributed by atoms with Gasteiger partial charge in [-0.25, -0.2) is 0 Å². The molecule has 0 atom stereocenters. The van der Waals surface area contributed by atoms with Gasteiger partial charge in [0.15, 0.2) is 0 Å². The minimum absolute atomic E-state index is 0.298. The van der Waals surface area contributed by atoms with Crippen molar-refractivity contribution in [3.05, 3.63) is 65.7 Å². The zero-order valence-corrected chi connectivity index (χ0v) is 17.4. The summed E-state index contributed by atoms with van der Waals surface area (Å²) in [6.45, 7) is 6.73. The lowest BCUT2D eigenvalue weighted by Crippen LogP contribution is -2.46. The molecule has 3 rings (SSSR count). The average Bonchev–Trinajstić information content (AvgIpc) is 2.75. The summed E-state index contributed by atoms with van der Waals surface area (Å²) in [7, 11) is 0. The van der Waals surface area contributed by atoms with Crippen molar-refractivity contribution in [3.8, 4) is 5.75 Å². The van der Waals surface area contributed by atoms with E-state index in [-0.39, 0.29) is 11.7 Å². The number of amides is 1. The predicted molar refractivity (Wildman–Crippen MR) is 113 cm³/mol. The average molecular weight is 435 g/mol. The first kappa shape index (κ1) is 23.1. The lowest BCUT2D eigenvalue weighted by Gasteiger charge is -2.34. The summed E-state index contributed by atoms with van der Waals surface area (Å²) in [5, 5.41) is 2.81. The van der Waals surface area contributed by atoms with Crippen molar-refractivity contribution in [3.63, 3.8) is 0 Å². The Kier molecular flexibility index (Phi) is 8.31. The van der Waals surface area contributed by atoms with E-state index in [0.717, 1.165) is 64.2 Å². The van der Waals surface area contributed by atoms with Gasteiger partial charge in [0, 0.05) is 44.8 Å². The van der Waals surface area contributed by atoms with Crippen LogP contribution in [0.3, 0.4) is 0 Å². The molecule has 0 radical (unpaired) electrons. The largest absolute Gasteiger partial charge is 0.573 e. The van der Waals surface area contributed by atoms with Gasteiger partial charge in [-0.3, -0.25) is 9.69 Å². The molecule has 1 aliphatic heterocycles. The fourth-order valence-electron chi connectivity index (χ4n) is 3.59. The second-order valence-corrected chi connectivity index (χ2v) is 7.64. The van der Waals surface area contributed by atoms with Crippen LogP contribution in [-0.2, 0) is 6.54 Å². The van der Waals surface area contributed by atoms with E-state index in [1.54, 1.807) is 0 Å². The third-order valence-corrected chi connectivity index (χ3v) is 5.25. The number of alkyl halides is 3. The number of ether oxygens (including phenoxy) is 1. The van der Waals surface area contributed by atoms with Crippen LogP contribution >= 0.6 is 0 Å². The van der Waals surface area contributed by atoms with Crippen LogP contribution in [0.1, 0.15) is 28.8 Å². The molecule has 1 saturated heterocycles. The fourth-order valence-corrected chi connectivity index (χ4v) is 3.59. The topological polar surface area (TPSA) is 44.8 Å². The molecule has 8 heteroatoms. The highest BCUT2D eigenvalue weighted by atomic mass is 19.4. The van der Waals surface area contributed by atoms with Crippen molar-refractivity contribution in [1.82, 2.24) is 15.1 Å². The smallest absolute Gasteiger partial charge is 0.406 e. The van der Waals surface area contributed by atoms with Crippen LogP contribution in [0.2, 0.25) is 0 Å². The molecular weight excluding hydrogens is 407 g/mol. The van der Waals surface area contributed by atoms with Gasteiger partial charge in [0.05, 0.1) is 0 Å². The van der Waals surface area contributed by atoms with Gasteiger partial charge < -0.3 is 15.0 Å². The van der Waals surface area contributed by atoms with Crippen molar-refractivity contribution >= 4 is 5.91 Å². The van der Waals surface area contributed by atoms with E-state index < -0.39 is 6.36 Å². The van der Waals surface area contributed by atoms with Gasteiger partial charge in [0.25, 0.3) is 5.91 Å². The highest BCUT2D eigenvalue weighted by Crippen LogP contribution is 2.22. The Hall–Kier alpha value is -2.58. The number of hydrogen-bond donors (Lipinski definition) is 1. The number of rotatable bonds is 9. The van der Waals surface area contributed by atoms with E-state index in [1.807, 2.05) is 6.07 Å². The van der Waals surface area contributed by atoms with Gasteiger partial charge in [-0.2, -0.15) is 0 Å². The molecule has 1 N–H and O–H groups in total. The van der Waals surface area contributed by atoms with E-state index >= 15 is 0 Å². The minimum atomic E-state index is -4.74. The number of unbranched alkanes of at least 4 members (excludes halogenated alkanes) is 1. The minimum Gasteiger partial charge on any atom is -0.406 e. The number of halogens is 3. The van der Waals surface area contributed by atoms with Gasteiger partial charge in [-0.1, -0.05) is 30.3 Å². The monoisotopic (exact) mass is 435 g/mol. The first-order valence-corrected chi connectivity index (χ1v) is 10.5. The van der Waals surface area contributed by atoms with Gasteiger partial charge in [0.1, 0.15) is 5.75 Å². The number of nitrogens with one attached hydrogen (secondary N) is 1. The number of hydrogen-bond acceptors (Lipinski definition) is 4. The molecule has 5 nitrogen and oxygen atoms in total. The second kappa shape index (κ2) is 11.2. The summed E-state index contributed by atoms with van der Waals surface area (Å²) in [5.74, 6) is -0.638. The molecular formula is C23H28F3N3O2. The Labute approximate surface area is 180 Å². The van der Waals surface area contributed by atoms with Crippen LogP contribution in [0, 0.1) is 0 Å². The normalized spacial score (nSPS) is 15.6. The van der Waals surface area contributed by atoms with Crippen molar-refractivity contribution in [2.24, 2.45) is 0 Å². The van der Waals surface area contributed by atoms with Crippen LogP contribution < -0.4 is 10.1 Å². The molecule has 168 valence electrons. The number of benzene rings is 2. The molecule has 31 heavy (non-hydrogen) atoms. The van der Waals surface area contributed by atoms with Gasteiger partial charge in [-0.05, 0) is 49.2 Å². The Morgan fingerprint density at radius 3 is 2.19 bits per heavy atom. The van der Waals surface area contributed by atoms with Crippen molar-refractivity contribution < 1.29 is 22.7 Å². The zero-order valence-electron chi connectivity index (χ0n) is 17.4. The maximum Gasteiger partial charge on any atom is 0.573 e. The highest BCUT2D eigenvalue weighted by molar-refractivity contribution is 5.94. The molecule has 2 aromatic carbocycles. The third-order valence-electron chi connectivity index (χ3n) is 5.25. The molecule has 0 saturated carbocycles. The van der Waals surface area contributed by atoms with Crippen molar-refractivity contribution in [2.75, 3.05) is 39.3 Å². The van der Waals surface area contributed by atoms with Crippen LogP contribution in [0.25, 0.3) is 0 Å². The van der Waals surface area contributed by atoms with Crippen LogP contribution in [0.5, 0.6) is 5.75 Å². The van der Waals surface area contributed by atoms with Crippen LogP contribution in [0.15, 0.2) is 54.6 Å². The molecule has 0 aliphatic carbocycles. The fraction of sp³-hybridized carbons (Fsp3) is 0.435. The van der Waals surface area contributed by atoms with E-state index in [0.29, 0.717) is 12.1 Å². The molecule has 1 aliphatic rings. The first-order chi connectivity index (χ1) is 14.9. The van der Waals surface area contributed by atoms with Crippen molar-refractivity contribution in [2.45, 2.75) is 25.7 Å². The molecule has 1 fully saturated rings. The summed E-state index contributed by atoms with van der Waals surface area (Å²) < 4.78 is 40.3. The highest BCUT2D eigenvalue weighted by Gasteiger charge is 2.31. The summed E-state index contributed by atoms with van der Waals surface area (Å²) in [6.07, 6.45) is -2.90. The molecule has 0 spiro atoms. The van der Waals surface area contributed by atoms with E-state index in [9.17, 15) is 18.0 Å². The number of piperazine rings is 1. The molecule has 0 aromatic heterocycles. The summed E-state index contributed by atoms with van der Waals surface area (Å²) >= 11 is 0. The lowest BCUT2D eigenvalue weighted by molar-refractivity contribution is -0.274. The Morgan fingerprint density at radius 2 is 1.55 bits per heavy atom. The maximum absolute atomic E-state index is 12.2. The van der Waals surface area contributed by atoms with Crippen LogP contribution in [0.4, 0.5) is 13.2 Å². The summed E-state index contributed by atoms with van der Waals surface area (Å²) in [4.78, 5) is 17.0. The van der Waals surface area contributed by atoms with Crippen LogP contribution in [-0.4, -0.2) is 61.3 Å². The molecule has 2 aromatic rings. The second-order valence-electron chi connectivity index (χ2n) is 7.64. The summed E-state index contributed by atoms with van der Waals surface area (Å²) in [5.41, 5.74) is 1.65. The molecule has 0 bridgehead atoms. The Balaban J connectivity index is 1.27.